The molecule has 6 heteroatoms. The maximum Gasteiger partial charge on any atom is 0.518 e. The van der Waals surface area contributed by atoms with Crippen LogP contribution in [-0.2, 0) is 9.47 Å². The molecule has 1 atom stereocenters. The highest BCUT2D eigenvalue weighted by Gasteiger charge is 2.70. The smallest absolute Gasteiger partial charge is 0.393 e. The molecule has 0 aromatic heterocycles. The van der Waals surface area contributed by atoms with E-state index in [0.29, 0.717) is 24.7 Å². The fraction of sp³-hybridized carbons (Fsp3) is 0.929. The van der Waals surface area contributed by atoms with Gasteiger partial charge in [-0.15, -0.1) is 0 Å². The number of hydrogen-bond acceptors (Lipinski definition) is 6. The summed E-state index contributed by atoms with van der Waals surface area (Å²) in [7, 11) is 0. The molecule has 3 N–H and O–H groups in total. The molecule has 0 aromatic rings. The van der Waals surface area contributed by atoms with Crippen LogP contribution in [0.3, 0.4) is 0 Å². The van der Waals surface area contributed by atoms with Crippen molar-refractivity contribution in [1.82, 2.24) is 0 Å². The van der Waals surface area contributed by atoms with E-state index in [1.54, 1.807) is 6.92 Å². The van der Waals surface area contributed by atoms with Crippen LogP contribution in [0.4, 0.5) is 4.79 Å². The second-order valence-corrected chi connectivity index (χ2v) is 6.70. The predicted molar refractivity (Wildman–Crippen MR) is 69.5 cm³/mol. The lowest BCUT2D eigenvalue weighted by Crippen LogP contribution is -2.73. The molecule has 6 nitrogen and oxygen atoms in total. The third-order valence-electron chi connectivity index (χ3n) is 5.27. The lowest BCUT2D eigenvalue weighted by Gasteiger charge is -2.54. The number of aliphatic hydroxyl groups is 3. The molecule has 116 valence electrons. The minimum Gasteiger partial charge on any atom is -0.393 e. The van der Waals surface area contributed by atoms with Crippen molar-refractivity contribution in [3.05, 3.63) is 0 Å². The van der Waals surface area contributed by atoms with Gasteiger partial charge in [-0.1, -0.05) is 20.8 Å². The summed E-state index contributed by atoms with van der Waals surface area (Å²) in [4.78, 5) is 10.8. The topological polar surface area (TPSA) is 96.2 Å². The number of carbonyl (C=O) groups is 1. The fourth-order valence-corrected chi connectivity index (χ4v) is 3.43. The number of carbonyl (C=O) groups excluding carboxylic acids is 1. The zero-order chi connectivity index (χ0) is 15.2. The highest BCUT2D eigenvalue weighted by Crippen LogP contribution is 2.53. The van der Waals surface area contributed by atoms with E-state index in [9.17, 15) is 20.1 Å². The molecule has 0 amide bonds. The molecule has 2 aliphatic rings. The Balaban J connectivity index is 2.17. The van der Waals surface area contributed by atoms with Crippen LogP contribution in [0, 0.1) is 17.3 Å². The summed E-state index contributed by atoms with van der Waals surface area (Å²) in [5.41, 5.74) is -2.79. The average molecular weight is 288 g/mol. The fourth-order valence-electron chi connectivity index (χ4n) is 3.43. The molecule has 1 aliphatic heterocycles. The molecule has 0 radical (unpaired) electrons. The van der Waals surface area contributed by atoms with Gasteiger partial charge in [-0.25, -0.2) is 4.79 Å². The lowest BCUT2D eigenvalue weighted by molar-refractivity contribution is -0.469. The Morgan fingerprint density at radius 3 is 2.20 bits per heavy atom. The molecule has 1 unspecified atom stereocenters. The zero-order valence-electron chi connectivity index (χ0n) is 12.3. The molecule has 2 fully saturated rings. The number of hydrogen-bond donors (Lipinski definition) is 3. The molecular formula is C14H24O6. The van der Waals surface area contributed by atoms with Gasteiger partial charge in [0.2, 0.25) is 0 Å². The van der Waals surface area contributed by atoms with Gasteiger partial charge in [0.05, 0.1) is 6.61 Å². The standard InChI is InChI=1S/C14H24O6/c1-9(2)10-4-6-12(3,7-5-10)13(17,8-15)14(18)19-11(16)20-14/h9-10,15,17-18H,4-8H2,1-3H3. The maximum absolute atomic E-state index is 10.8. The van der Waals surface area contributed by atoms with Gasteiger partial charge < -0.3 is 24.8 Å². The molecule has 0 spiro atoms. The van der Waals surface area contributed by atoms with Crippen LogP contribution < -0.4 is 0 Å². The molecule has 1 aliphatic carbocycles. The third kappa shape index (κ3) is 2.10. The second kappa shape index (κ2) is 4.86. The van der Waals surface area contributed by atoms with Gasteiger partial charge in [-0.3, -0.25) is 0 Å². The van der Waals surface area contributed by atoms with Crippen molar-refractivity contribution in [3.63, 3.8) is 0 Å². The van der Waals surface area contributed by atoms with Gasteiger partial charge in [0.15, 0.2) is 5.60 Å². The number of aliphatic hydroxyl groups excluding tert-OH is 1. The first kappa shape index (κ1) is 15.5. The van der Waals surface area contributed by atoms with Gasteiger partial charge in [0, 0.05) is 5.41 Å². The van der Waals surface area contributed by atoms with E-state index < -0.39 is 29.8 Å². The summed E-state index contributed by atoms with van der Waals surface area (Å²) in [5, 5.41) is 30.4. The van der Waals surface area contributed by atoms with E-state index in [4.69, 9.17) is 0 Å². The summed E-state index contributed by atoms with van der Waals surface area (Å²) < 4.78 is 9.12. The Morgan fingerprint density at radius 1 is 1.35 bits per heavy atom. The molecule has 0 aromatic carbocycles. The number of ether oxygens (including phenoxy) is 2. The molecule has 20 heavy (non-hydrogen) atoms. The van der Waals surface area contributed by atoms with Crippen LogP contribution >= 0.6 is 0 Å². The number of rotatable bonds is 4. The quantitative estimate of drug-likeness (QED) is 0.676. The van der Waals surface area contributed by atoms with E-state index in [1.807, 2.05) is 0 Å². The van der Waals surface area contributed by atoms with Gasteiger partial charge in [0.25, 0.3) is 0 Å². The Labute approximate surface area is 118 Å². The monoisotopic (exact) mass is 288 g/mol. The van der Waals surface area contributed by atoms with Crippen molar-refractivity contribution < 1.29 is 29.6 Å². The van der Waals surface area contributed by atoms with E-state index in [0.717, 1.165) is 12.8 Å². The average Bonchev–Trinajstić information content (AvgIpc) is 2.36. The maximum atomic E-state index is 10.8. The van der Waals surface area contributed by atoms with Crippen molar-refractivity contribution in [3.8, 4) is 0 Å². The van der Waals surface area contributed by atoms with E-state index in [-0.39, 0.29) is 0 Å². The van der Waals surface area contributed by atoms with Crippen molar-refractivity contribution in [2.45, 2.75) is 58.0 Å². The van der Waals surface area contributed by atoms with Crippen molar-refractivity contribution in [1.29, 1.82) is 0 Å². The van der Waals surface area contributed by atoms with E-state index >= 15 is 0 Å². The molecule has 1 saturated heterocycles. The van der Waals surface area contributed by atoms with E-state index in [1.165, 1.54) is 0 Å². The van der Waals surface area contributed by atoms with Crippen LogP contribution in [0.25, 0.3) is 0 Å². The van der Waals surface area contributed by atoms with Gasteiger partial charge in [-0.05, 0) is 37.5 Å². The van der Waals surface area contributed by atoms with Crippen molar-refractivity contribution in [2.75, 3.05) is 6.61 Å². The molecule has 0 bridgehead atoms. The lowest BCUT2D eigenvalue weighted by atomic mass is 9.60. The first-order chi connectivity index (χ1) is 9.17. The minimum absolute atomic E-state index is 0.558. The predicted octanol–water partition coefficient (Wildman–Crippen LogP) is 1.38. The Kier molecular flexibility index (Phi) is 3.77. The normalized spacial score (nSPS) is 35.8. The Morgan fingerprint density at radius 2 is 1.85 bits per heavy atom. The third-order valence-corrected chi connectivity index (χ3v) is 5.27. The van der Waals surface area contributed by atoms with Crippen LogP contribution in [0.5, 0.6) is 0 Å². The largest absolute Gasteiger partial charge is 0.518 e. The molecule has 1 heterocycles. The first-order valence-corrected chi connectivity index (χ1v) is 7.15. The van der Waals surface area contributed by atoms with Crippen LogP contribution in [-0.4, -0.2) is 39.7 Å². The van der Waals surface area contributed by atoms with Crippen LogP contribution in [0.15, 0.2) is 0 Å². The van der Waals surface area contributed by atoms with Crippen molar-refractivity contribution >= 4 is 6.16 Å². The Bertz CT molecular complexity index is 377. The first-order valence-electron chi connectivity index (χ1n) is 7.15. The second-order valence-electron chi connectivity index (χ2n) is 6.70. The zero-order valence-corrected chi connectivity index (χ0v) is 12.3. The van der Waals surface area contributed by atoms with Gasteiger partial charge >= 0.3 is 12.1 Å². The van der Waals surface area contributed by atoms with E-state index in [2.05, 4.69) is 23.3 Å². The summed E-state index contributed by atoms with van der Waals surface area (Å²) in [6.45, 7) is 5.37. The van der Waals surface area contributed by atoms with Crippen LogP contribution in [0.2, 0.25) is 0 Å². The van der Waals surface area contributed by atoms with Gasteiger partial charge in [0.1, 0.15) is 0 Å². The van der Waals surface area contributed by atoms with Crippen LogP contribution in [0.1, 0.15) is 46.5 Å². The SMILES string of the molecule is CC(C)C1CCC(C)(C(O)(CO)C2(O)OC(=O)O2)CC1. The molecule has 1 saturated carbocycles. The minimum atomic E-state index is -2.45. The highest BCUT2D eigenvalue weighted by molar-refractivity contribution is 5.65. The summed E-state index contributed by atoms with van der Waals surface area (Å²) in [6.07, 6.45) is 1.98. The summed E-state index contributed by atoms with van der Waals surface area (Å²) >= 11 is 0. The summed E-state index contributed by atoms with van der Waals surface area (Å²) in [6, 6.07) is 0. The summed E-state index contributed by atoms with van der Waals surface area (Å²) in [5.74, 6) is -1.33. The molecule has 2 rings (SSSR count). The van der Waals surface area contributed by atoms with Crippen molar-refractivity contribution in [2.24, 2.45) is 17.3 Å². The molecular weight excluding hydrogens is 264 g/mol. The highest BCUT2D eigenvalue weighted by atomic mass is 17.0. The Hall–Kier alpha value is -0.850. The van der Waals surface area contributed by atoms with Gasteiger partial charge in [-0.2, -0.15) is 0 Å². The number of cyclic esters (lactones) is 2.